The van der Waals surface area contributed by atoms with Gasteiger partial charge in [0.1, 0.15) is 6.04 Å². The van der Waals surface area contributed by atoms with Gasteiger partial charge in [0.25, 0.3) is 0 Å². The smallest absolute Gasteiger partial charge is 0.241 e. The second-order valence-electron chi connectivity index (χ2n) is 6.22. The average Bonchev–Trinajstić information content (AvgIpc) is 3.02. The summed E-state index contributed by atoms with van der Waals surface area (Å²) in [6, 6.07) is 0.143. The summed E-state index contributed by atoms with van der Waals surface area (Å²) in [6.45, 7) is 5.38. The van der Waals surface area contributed by atoms with E-state index >= 15 is 0 Å². The summed E-state index contributed by atoms with van der Waals surface area (Å²) >= 11 is 0. The van der Waals surface area contributed by atoms with E-state index in [0.717, 1.165) is 39.1 Å². The molecule has 3 heterocycles. The van der Waals surface area contributed by atoms with Crippen molar-refractivity contribution in [3.63, 3.8) is 0 Å². The fraction of sp³-hybridized carbons (Fsp3) is 0.933. The van der Waals surface area contributed by atoms with Crippen molar-refractivity contribution in [2.24, 2.45) is 0 Å². The van der Waals surface area contributed by atoms with E-state index < -0.39 is 0 Å². The normalized spacial score (nSPS) is 30.7. The highest BCUT2D eigenvalue weighted by atomic mass is 16.2. The van der Waals surface area contributed by atoms with Crippen LogP contribution in [0.2, 0.25) is 0 Å². The minimum Gasteiger partial charge on any atom is -0.341 e. The van der Waals surface area contributed by atoms with E-state index in [2.05, 4.69) is 14.9 Å². The maximum Gasteiger partial charge on any atom is 0.241 e. The van der Waals surface area contributed by atoms with Crippen molar-refractivity contribution in [3.8, 4) is 0 Å². The molecule has 0 aliphatic carbocycles. The van der Waals surface area contributed by atoms with Crippen LogP contribution in [0.3, 0.4) is 0 Å². The third-order valence-electron chi connectivity index (χ3n) is 4.87. The maximum absolute atomic E-state index is 12.7. The molecule has 1 amide bonds. The topological polar surface area (TPSA) is 26.8 Å². The standard InChI is InChI=1S/C15H27N3O/c19-15(16-9-6-7-10-16)14-8-2-5-13-18(14)17-11-3-1-4-12-17/h14H,1-13H2. The molecule has 3 aliphatic rings. The molecule has 0 spiro atoms. The molecule has 1 atom stereocenters. The highest BCUT2D eigenvalue weighted by Gasteiger charge is 2.35. The predicted molar refractivity (Wildman–Crippen MR) is 75.6 cm³/mol. The molecule has 108 valence electrons. The Bertz CT molecular complexity index is 309. The van der Waals surface area contributed by atoms with E-state index in [4.69, 9.17) is 0 Å². The molecule has 3 saturated heterocycles. The van der Waals surface area contributed by atoms with E-state index in [9.17, 15) is 4.79 Å². The van der Waals surface area contributed by atoms with Crippen LogP contribution in [-0.2, 0) is 4.79 Å². The van der Waals surface area contributed by atoms with Crippen LogP contribution in [0.1, 0.15) is 51.4 Å². The zero-order valence-corrected chi connectivity index (χ0v) is 12.0. The largest absolute Gasteiger partial charge is 0.341 e. The molecule has 1 unspecified atom stereocenters. The number of hydrazine groups is 1. The van der Waals surface area contributed by atoms with E-state index in [1.807, 2.05) is 0 Å². The Labute approximate surface area is 116 Å². The van der Waals surface area contributed by atoms with Crippen LogP contribution in [0.4, 0.5) is 0 Å². The Morgan fingerprint density at radius 3 is 2.11 bits per heavy atom. The van der Waals surface area contributed by atoms with Gasteiger partial charge in [0.15, 0.2) is 0 Å². The van der Waals surface area contributed by atoms with Crippen molar-refractivity contribution in [2.75, 3.05) is 32.7 Å². The molecule has 0 aromatic heterocycles. The molecule has 4 heteroatoms. The van der Waals surface area contributed by atoms with Crippen LogP contribution < -0.4 is 0 Å². The first kappa shape index (κ1) is 13.4. The number of likely N-dealkylation sites (tertiary alicyclic amines) is 1. The Kier molecular flexibility index (Phi) is 4.38. The summed E-state index contributed by atoms with van der Waals surface area (Å²) in [5, 5.41) is 4.89. The van der Waals surface area contributed by atoms with Crippen molar-refractivity contribution in [1.29, 1.82) is 0 Å². The van der Waals surface area contributed by atoms with Crippen molar-refractivity contribution in [1.82, 2.24) is 14.9 Å². The summed E-state index contributed by atoms with van der Waals surface area (Å²) in [5.41, 5.74) is 0. The van der Waals surface area contributed by atoms with Gasteiger partial charge in [-0.1, -0.05) is 6.42 Å². The Hall–Kier alpha value is -0.610. The molecule has 0 N–H and O–H groups in total. The van der Waals surface area contributed by atoms with Gasteiger partial charge in [-0.2, -0.15) is 0 Å². The number of hydrogen-bond acceptors (Lipinski definition) is 3. The summed E-state index contributed by atoms with van der Waals surface area (Å²) in [4.78, 5) is 14.8. The molecule has 0 radical (unpaired) electrons. The lowest BCUT2D eigenvalue weighted by Gasteiger charge is -2.44. The second kappa shape index (κ2) is 6.23. The van der Waals surface area contributed by atoms with Gasteiger partial charge < -0.3 is 4.90 Å². The summed E-state index contributed by atoms with van der Waals surface area (Å²) in [5.74, 6) is 0.405. The van der Waals surface area contributed by atoms with Gasteiger partial charge in [0.2, 0.25) is 5.91 Å². The predicted octanol–water partition coefficient (Wildman–Crippen LogP) is 1.86. The number of hydrogen-bond donors (Lipinski definition) is 0. The van der Waals surface area contributed by atoms with Crippen LogP contribution >= 0.6 is 0 Å². The fourth-order valence-corrected chi connectivity index (χ4v) is 3.79. The highest BCUT2D eigenvalue weighted by Crippen LogP contribution is 2.24. The van der Waals surface area contributed by atoms with Gasteiger partial charge in [-0.15, -0.1) is 0 Å². The van der Waals surface area contributed by atoms with Crippen LogP contribution in [-0.4, -0.2) is 59.6 Å². The quantitative estimate of drug-likeness (QED) is 0.762. The first-order valence-corrected chi connectivity index (χ1v) is 8.16. The third kappa shape index (κ3) is 2.95. The zero-order chi connectivity index (χ0) is 13.1. The lowest BCUT2D eigenvalue weighted by molar-refractivity contribution is -0.152. The molecule has 0 aromatic rings. The molecule has 19 heavy (non-hydrogen) atoms. The molecule has 3 aliphatic heterocycles. The van der Waals surface area contributed by atoms with E-state index in [-0.39, 0.29) is 6.04 Å². The van der Waals surface area contributed by atoms with Gasteiger partial charge in [-0.25, -0.2) is 10.0 Å². The first-order chi connectivity index (χ1) is 9.36. The van der Waals surface area contributed by atoms with Crippen LogP contribution in [0.5, 0.6) is 0 Å². The number of rotatable bonds is 2. The number of carbonyl (C=O) groups excluding carboxylic acids is 1. The molecule has 4 nitrogen and oxygen atoms in total. The SMILES string of the molecule is O=C(C1CCCCN1N1CCCCC1)N1CCCC1. The van der Waals surface area contributed by atoms with E-state index in [1.165, 1.54) is 44.9 Å². The Morgan fingerprint density at radius 1 is 0.737 bits per heavy atom. The minimum absolute atomic E-state index is 0.143. The van der Waals surface area contributed by atoms with Crippen molar-refractivity contribution in [2.45, 2.75) is 57.4 Å². The third-order valence-corrected chi connectivity index (χ3v) is 4.87. The lowest BCUT2D eigenvalue weighted by Crippen LogP contribution is -2.58. The first-order valence-electron chi connectivity index (χ1n) is 8.16. The maximum atomic E-state index is 12.7. The van der Waals surface area contributed by atoms with Crippen LogP contribution in [0, 0.1) is 0 Å². The van der Waals surface area contributed by atoms with E-state index in [0.29, 0.717) is 5.91 Å². The van der Waals surface area contributed by atoms with E-state index in [1.54, 1.807) is 0 Å². The number of carbonyl (C=O) groups is 1. The zero-order valence-electron chi connectivity index (χ0n) is 12.0. The fourth-order valence-electron chi connectivity index (χ4n) is 3.79. The molecule has 0 saturated carbocycles. The Morgan fingerprint density at radius 2 is 1.37 bits per heavy atom. The van der Waals surface area contributed by atoms with Gasteiger partial charge in [-0.3, -0.25) is 4.79 Å². The molecular weight excluding hydrogens is 238 g/mol. The van der Waals surface area contributed by atoms with Crippen molar-refractivity contribution in [3.05, 3.63) is 0 Å². The van der Waals surface area contributed by atoms with Crippen molar-refractivity contribution < 1.29 is 4.79 Å². The number of amides is 1. The van der Waals surface area contributed by atoms with Gasteiger partial charge in [0.05, 0.1) is 0 Å². The highest BCUT2D eigenvalue weighted by molar-refractivity contribution is 5.82. The van der Waals surface area contributed by atoms with Crippen LogP contribution in [0.15, 0.2) is 0 Å². The van der Waals surface area contributed by atoms with Gasteiger partial charge in [0, 0.05) is 32.7 Å². The Balaban J connectivity index is 1.67. The molecule has 0 bridgehead atoms. The number of piperidine rings is 2. The summed E-state index contributed by atoms with van der Waals surface area (Å²) < 4.78 is 0. The lowest BCUT2D eigenvalue weighted by atomic mass is 10.0. The monoisotopic (exact) mass is 265 g/mol. The minimum atomic E-state index is 0.143. The molecule has 0 aromatic carbocycles. The molecule has 3 rings (SSSR count). The molecular formula is C15H27N3O. The summed E-state index contributed by atoms with van der Waals surface area (Å²) in [6.07, 6.45) is 9.86. The van der Waals surface area contributed by atoms with Gasteiger partial charge >= 0.3 is 0 Å². The second-order valence-corrected chi connectivity index (χ2v) is 6.22. The van der Waals surface area contributed by atoms with Crippen LogP contribution in [0.25, 0.3) is 0 Å². The van der Waals surface area contributed by atoms with Crippen molar-refractivity contribution >= 4 is 5.91 Å². The number of nitrogens with zero attached hydrogens (tertiary/aromatic N) is 3. The molecule has 3 fully saturated rings. The van der Waals surface area contributed by atoms with Gasteiger partial charge in [-0.05, 0) is 44.9 Å². The average molecular weight is 265 g/mol. The summed E-state index contributed by atoms with van der Waals surface area (Å²) in [7, 11) is 0.